The van der Waals surface area contributed by atoms with Crippen molar-refractivity contribution >= 4 is 16.8 Å². The van der Waals surface area contributed by atoms with Gasteiger partial charge in [-0.1, -0.05) is 30.3 Å². The molecule has 3 nitrogen and oxygen atoms in total. The zero-order chi connectivity index (χ0) is 14.5. The van der Waals surface area contributed by atoms with E-state index in [1.54, 1.807) is 26.2 Å². The summed E-state index contributed by atoms with van der Waals surface area (Å²) in [7, 11) is 1.57. The molecule has 0 aliphatic rings. The predicted octanol–water partition coefficient (Wildman–Crippen LogP) is 3.96. The third-order valence-electron chi connectivity index (χ3n) is 2.94. The van der Waals surface area contributed by atoms with Crippen molar-refractivity contribution in [2.45, 2.75) is 13.5 Å². The normalized spacial score (nSPS) is 10.2. The van der Waals surface area contributed by atoms with Crippen LogP contribution in [0.5, 0.6) is 11.5 Å². The summed E-state index contributed by atoms with van der Waals surface area (Å²) in [5.41, 5.74) is 2.12. The molecule has 0 atom stereocenters. The van der Waals surface area contributed by atoms with Gasteiger partial charge in [0, 0.05) is 6.07 Å². The van der Waals surface area contributed by atoms with Gasteiger partial charge in [-0.05, 0) is 35.7 Å². The van der Waals surface area contributed by atoms with Gasteiger partial charge in [0.25, 0.3) is 5.24 Å². The number of ether oxygens (including phenoxy) is 2. The van der Waals surface area contributed by atoms with Crippen molar-refractivity contribution in [3.63, 3.8) is 0 Å². The quantitative estimate of drug-likeness (QED) is 0.782. The molecule has 0 aliphatic carbocycles. The predicted molar refractivity (Wildman–Crippen MR) is 78.7 cm³/mol. The highest BCUT2D eigenvalue weighted by atomic mass is 35.5. The first-order valence-electron chi connectivity index (χ1n) is 6.17. The summed E-state index contributed by atoms with van der Waals surface area (Å²) in [5.74, 6) is 1.07. The number of carbonyl (C=O) groups is 1. The van der Waals surface area contributed by atoms with E-state index in [2.05, 4.69) is 0 Å². The van der Waals surface area contributed by atoms with Gasteiger partial charge in [-0.3, -0.25) is 4.79 Å². The molecule has 0 unspecified atom stereocenters. The first-order chi connectivity index (χ1) is 9.61. The van der Waals surface area contributed by atoms with Gasteiger partial charge in [-0.25, -0.2) is 0 Å². The van der Waals surface area contributed by atoms with Crippen molar-refractivity contribution in [1.82, 2.24) is 0 Å². The number of hydrogen-bond acceptors (Lipinski definition) is 3. The first kappa shape index (κ1) is 14.4. The molecule has 0 saturated carbocycles. The van der Waals surface area contributed by atoms with Gasteiger partial charge in [-0.2, -0.15) is 0 Å². The average molecular weight is 291 g/mol. The molecule has 2 aromatic carbocycles. The lowest BCUT2D eigenvalue weighted by Gasteiger charge is -2.13. The Kier molecular flexibility index (Phi) is 4.64. The van der Waals surface area contributed by atoms with Crippen LogP contribution >= 0.6 is 11.6 Å². The molecule has 0 aliphatic heterocycles. The molecule has 0 fully saturated rings. The minimum atomic E-state index is -0.534. The van der Waals surface area contributed by atoms with Gasteiger partial charge in [0.15, 0.2) is 0 Å². The number of rotatable bonds is 5. The van der Waals surface area contributed by atoms with Crippen LogP contribution in [-0.2, 0) is 6.61 Å². The smallest absolute Gasteiger partial charge is 0.256 e. The lowest BCUT2D eigenvalue weighted by Crippen LogP contribution is -2.03. The monoisotopic (exact) mass is 290 g/mol. The average Bonchev–Trinajstić information content (AvgIpc) is 2.45. The molecule has 0 bridgehead atoms. The molecule has 2 rings (SSSR count). The van der Waals surface area contributed by atoms with Crippen LogP contribution in [0.15, 0.2) is 42.5 Å². The summed E-state index contributed by atoms with van der Waals surface area (Å²) in [6, 6.07) is 13.1. The highest BCUT2D eigenvalue weighted by Crippen LogP contribution is 2.30. The third-order valence-corrected chi connectivity index (χ3v) is 3.13. The van der Waals surface area contributed by atoms with E-state index in [4.69, 9.17) is 21.1 Å². The molecule has 0 radical (unpaired) electrons. The van der Waals surface area contributed by atoms with Gasteiger partial charge in [0.2, 0.25) is 0 Å². The number of carbonyl (C=O) groups excluding carboxylic acids is 1. The van der Waals surface area contributed by atoms with E-state index in [9.17, 15) is 4.79 Å². The van der Waals surface area contributed by atoms with Crippen LogP contribution in [0, 0.1) is 6.92 Å². The Labute approximate surface area is 123 Å². The fourth-order valence-corrected chi connectivity index (χ4v) is 2.18. The van der Waals surface area contributed by atoms with Gasteiger partial charge >= 0.3 is 0 Å². The van der Waals surface area contributed by atoms with Crippen molar-refractivity contribution in [2.24, 2.45) is 0 Å². The minimum Gasteiger partial charge on any atom is -0.497 e. The molecule has 0 saturated heterocycles. The molecule has 0 heterocycles. The molecule has 4 heteroatoms. The summed E-state index contributed by atoms with van der Waals surface area (Å²) in [4.78, 5) is 11.5. The topological polar surface area (TPSA) is 35.5 Å². The maximum atomic E-state index is 11.5. The second kappa shape index (κ2) is 6.44. The van der Waals surface area contributed by atoms with Crippen LogP contribution in [-0.4, -0.2) is 12.4 Å². The van der Waals surface area contributed by atoms with Crippen molar-refractivity contribution in [1.29, 1.82) is 0 Å². The second-order valence-corrected chi connectivity index (χ2v) is 4.71. The number of methoxy groups -OCH3 is 1. The molecule has 0 N–H and O–H groups in total. The lowest BCUT2D eigenvalue weighted by molar-refractivity contribution is 0.107. The summed E-state index contributed by atoms with van der Waals surface area (Å²) in [6.07, 6.45) is 0. The van der Waals surface area contributed by atoms with Crippen molar-refractivity contribution in [3.05, 3.63) is 59.2 Å². The molecule has 0 aromatic heterocycles. The fraction of sp³-hybridized carbons (Fsp3) is 0.188. The third kappa shape index (κ3) is 3.31. The summed E-state index contributed by atoms with van der Waals surface area (Å²) in [5, 5.41) is -0.534. The van der Waals surface area contributed by atoms with Gasteiger partial charge < -0.3 is 9.47 Å². The number of hydrogen-bond donors (Lipinski definition) is 0. The van der Waals surface area contributed by atoms with Gasteiger partial charge in [0.05, 0.1) is 12.7 Å². The van der Waals surface area contributed by atoms with Crippen molar-refractivity contribution in [2.75, 3.05) is 7.11 Å². The molecule has 0 spiro atoms. The van der Waals surface area contributed by atoms with Gasteiger partial charge in [-0.15, -0.1) is 0 Å². The van der Waals surface area contributed by atoms with Crippen LogP contribution in [0.2, 0.25) is 0 Å². The Morgan fingerprint density at radius 3 is 2.50 bits per heavy atom. The number of halogens is 1. The molecule has 104 valence electrons. The van der Waals surface area contributed by atoms with E-state index in [-0.39, 0.29) is 0 Å². The largest absolute Gasteiger partial charge is 0.497 e. The number of benzene rings is 2. The lowest BCUT2D eigenvalue weighted by atomic mass is 10.1. The van der Waals surface area contributed by atoms with Crippen LogP contribution < -0.4 is 9.47 Å². The van der Waals surface area contributed by atoms with E-state index in [1.807, 2.05) is 30.3 Å². The van der Waals surface area contributed by atoms with Gasteiger partial charge in [0.1, 0.15) is 18.1 Å². The maximum Gasteiger partial charge on any atom is 0.256 e. The molecular formula is C16H15ClO3. The Hall–Kier alpha value is -2.00. The highest BCUT2D eigenvalue weighted by Gasteiger charge is 2.15. The minimum absolute atomic E-state index is 0.366. The van der Waals surface area contributed by atoms with Crippen LogP contribution in [0.25, 0.3) is 0 Å². The zero-order valence-electron chi connectivity index (χ0n) is 11.4. The van der Waals surface area contributed by atoms with E-state index in [0.29, 0.717) is 23.7 Å². The van der Waals surface area contributed by atoms with Crippen LogP contribution in [0.1, 0.15) is 21.5 Å². The Morgan fingerprint density at radius 1 is 1.20 bits per heavy atom. The standard InChI is InChI=1S/C16H15ClO3/c1-11-8-13(19-2)9-14(15(11)16(17)18)20-10-12-6-4-3-5-7-12/h3-9H,10H2,1-2H3. The molecule has 20 heavy (non-hydrogen) atoms. The fourth-order valence-electron chi connectivity index (χ4n) is 1.94. The maximum absolute atomic E-state index is 11.5. The SMILES string of the molecule is COc1cc(C)c(C(=O)Cl)c(OCc2ccccc2)c1. The number of aryl methyl sites for hydroxylation is 1. The van der Waals surface area contributed by atoms with Crippen molar-refractivity contribution < 1.29 is 14.3 Å². The van der Waals surface area contributed by atoms with E-state index in [1.165, 1.54) is 0 Å². The first-order valence-corrected chi connectivity index (χ1v) is 6.55. The second-order valence-electron chi connectivity index (χ2n) is 4.37. The summed E-state index contributed by atoms with van der Waals surface area (Å²) >= 11 is 5.63. The van der Waals surface area contributed by atoms with Crippen LogP contribution in [0.4, 0.5) is 0 Å². The Morgan fingerprint density at radius 2 is 1.90 bits per heavy atom. The molecule has 0 amide bonds. The van der Waals surface area contributed by atoms with E-state index in [0.717, 1.165) is 11.1 Å². The zero-order valence-corrected chi connectivity index (χ0v) is 12.1. The molecule has 2 aromatic rings. The van der Waals surface area contributed by atoms with Crippen LogP contribution in [0.3, 0.4) is 0 Å². The van der Waals surface area contributed by atoms with Crippen molar-refractivity contribution in [3.8, 4) is 11.5 Å². The van der Waals surface area contributed by atoms with E-state index < -0.39 is 5.24 Å². The summed E-state index contributed by atoms with van der Waals surface area (Å²) in [6.45, 7) is 2.16. The highest BCUT2D eigenvalue weighted by molar-refractivity contribution is 6.68. The Balaban J connectivity index is 2.29. The molecular weight excluding hydrogens is 276 g/mol. The summed E-state index contributed by atoms with van der Waals surface area (Å²) < 4.78 is 10.9. The Bertz CT molecular complexity index is 609. The van der Waals surface area contributed by atoms with E-state index >= 15 is 0 Å².